The van der Waals surface area contributed by atoms with Gasteiger partial charge < -0.3 is 14.4 Å². The van der Waals surface area contributed by atoms with Gasteiger partial charge in [0, 0.05) is 18.7 Å². The molecule has 1 aliphatic rings. The van der Waals surface area contributed by atoms with Crippen molar-refractivity contribution in [2.75, 3.05) is 20.2 Å². The molecule has 0 saturated carbocycles. The van der Waals surface area contributed by atoms with Crippen LogP contribution in [0.15, 0.2) is 42.5 Å². The molecule has 1 amide bonds. The van der Waals surface area contributed by atoms with Gasteiger partial charge in [0.05, 0.1) is 19.3 Å². The van der Waals surface area contributed by atoms with Crippen LogP contribution in [-0.2, 0) is 4.79 Å². The highest BCUT2D eigenvalue weighted by molar-refractivity contribution is 5.91. The first kappa shape index (κ1) is 17.9. The van der Waals surface area contributed by atoms with E-state index in [1.807, 2.05) is 54.3 Å². The minimum Gasteiger partial charge on any atom is -0.497 e. The Morgan fingerprint density at radius 3 is 2.69 bits per heavy atom. The quantitative estimate of drug-likeness (QED) is 0.774. The fraction of sp³-hybridized carbons (Fsp3) is 0.350. The van der Waals surface area contributed by atoms with Crippen LogP contribution in [0.4, 0.5) is 0 Å². The Hall–Kier alpha value is -2.89. The summed E-state index contributed by atoms with van der Waals surface area (Å²) in [7, 11) is 1.63. The number of nitrogens with zero attached hydrogens (tertiary/aromatic N) is 3. The molecular weight excluding hydrogens is 330 g/mol. The molecule has 0 aliphatic carbocycles. The number of aryl methyl sites for hydroxylation is 1. The average molecular weight is 353 g/mol. The maximum absolute atomic E-state index is 12.5. The van der Waals surface area contributed by atoms with Crippen LogP contribution >= 0.6 is 0 Å². The lowest BCUT2D eigenvalue weighted by atomic mass is 10.1. The summed E-state index contributed by atoms with van der Waals surface area (Å²) in [6.45, 7) is 3.18. The number of carbonyl (C=O) groups excluding carboxylic acids is 1. The number of likely N-dealkylation sites (tertiary alicyclic amines) is 1. The molecule has 1 unspecified atom stereocenters. The van der Waals surface area contributed by atoms with E-state index in [2.05, 4.69) is 10.2 Å². The number of benzene rings is 1. The van der Waals surface area contributed by atoms with Crippen LogP contribution in [0, 0.1) is 6.92 Å². The van der Waals surface area contributed by atoms with E-state index in [-0.39, 0.29) is 12.0 Å². The van der Waals surface area contributed by atoms with Gasteiger partial charge in [-0.25, -0.2) is 0 Å². The number of hydrogen-bond donors (Lipinski definition) is 0. The largest absolute Gasteiger partial charge is 0.497 e. The molecule has 3 rings (SSSR count). The number of piperidine rings is 1. The third kappa shape index (κ3) is 4.81. The molecule has 2 aromatic rings. The van der Waals surface area contributed by atoms with Gasteiger partial charge in [-0.15, -0.1) is 5.10 Å². The van der Waals surface area contributed by atoms with Crippen molar-refractivity contribution >= 4 is 12.0 Å². The van der Waals surface area contributed by atoms with Gasteiger partial charge in [0.2, 0.25) is 11.8 Å². The van der Waals surface area contributed by atoms with E-state index in [4.69, 9.17) is 9.47 Å². The van der Waals surface area contributed by atoms with Crippen molar-refractivity contribution in [3.8, 4) is 11.6 Å². The molecule has 1 aliphatic heterocycles. The first-order chi connectivity index (χ1) is 12.6. The Morgan fingerprint density at radius 1 is 1.19 bits per heavy atom. The van der Waals surface area contributed by atoms with E-state index in [1.54, 1.807) is 13.2 Å². The third-order valence-electron chi connectivity index (χ3n) is 4.28. The normalized spacial score (nSPS) is 17.3. The summed E-state index contributed by atoms with van der Waals surface area (Å²) in [6.07, 6.45) is 5.18. The van der Waals surface area contributed by atoms with Crippen molar-refractivity contribution in [2.24, 2.45) is 0 Å². The van der Waals surface area contributed by atoms with E-state index >= 15 is 0 Å². The third-order valence-corrected chi connectivity index (χ3v) is 4.28. The molecule has 26 heavy (non-hydrogen) atoms. The van der Waals surface area contributed by atoms with Crippen molar-refractivity contribution in [3.63, 3.8) is 0 Å². The number of methoxy groups -OCH3 is 1. The molecule has 0 spiro atoms. The predicted molar refractivity (Wildman–Crippen MR) is 99.0 cm³/mol. The number of amides is 1. The minimum absolute atomic E-state index is 0.0101. The van der Waals surface area contributed by atoms with E-state index in [0.717, 1.165) is 36.4 Å². The molecular formula is C20H23N3O3. The Labute approximate surface area is 153 Å². The zero-order valence-corrected chi connectivity index (χ0v) is 15.1. The zero-order chi connectivity index (χ0) is 18.4. The van der Waals surface area contributed by atoms with Crippen LogP contribution in [-0.4, -0.2) is 47.3 Å². The number of ether oxygens (including phenoxy) is 2. The fourth-order valence-corrected chi connectivity index (χ4v) is 2.84. The molecule has 2 heterocycles. The SMILES string of the molecule is COc1ccc(/C=C/C(=O)N2CCCC(Oc3ccc(C)nn3)C2)cc1. The maximum atomic E-state index is 12.5. The molecule has 1 aromatic carbocycles. The average Bonchev–Trinajstić information content (AvgIpc) is 2.68. The van der Waals surface area contributed by atoms with E-state index in [9.17, 15) is 4.79 Å². The molecule has 1 fully saturated rings. The summed E-state index contributed by atoms with van der Waals surface area (Å²) < 4.78 is 11.0. The highest BCUT2D eigenvalue weighted by Crippen LogP contribution is 2.17. The van der Waals surface area contributed by atoms with Crippen LogP contribution in [0.1, 0.15) is 24.1 Å². The van der Waals surface area contributed by atoms with Gasteiger partial charge in [-0.2, -0.15) is 5.10 Å². The van der Waals surface area contributed by atoms with E-state index < -0.39 is 0 Å². The Morgan fingerprint density at radius 2 is 2.00 bits per heavy atom. The fourth-order valence-electron chi connectivity index (χ4n) is 2.84. The van der Waals surface area contributed by atoms with Gasteiger partial charge in [0.1, 0.15) is 11.9 Å². The van der Waals surface area contributed by atoms with Crippen molar-refractivity contribution in [2.45, 2.75) is 25.9 Å². The number of carbonyl (C=O) groups is 1. The molecule has 0 bridgehead atoms. The second-order valence-electron chi connectivity index (χ2n) is 6.29. The lowest BCUT2D eigenvalue weighted by Gasteiger charge is -2.31. The van der Waals surface area contributed by atoms with Gasteiger partial charge in [-0.3, -0.25) is 4.79 Å². The second kappa shape index (κ2) is 8.47. The molecule has 1 aromatic heterocycles. The number of hydrogen-bond acceptors (Lipinski definition) is 5. The van der Waals surface area contributed by atoms with Crippen LogP contribution in [0.25, 0.3) is 6.08 Å². The number of aromatic nitrogens is 2. The highest BCUT2D eigenvalue weighted by Gasteiger charge is 2.24. The topological polar surface area (TPSA) is 64.5 Å². The Kier molecular flexibility index (Phi) is 5.84. The van der Waals surface area contributed by atoms with E-state index in [1.165, 1.54) is 0 Å². The summed E-state index contributed by atoms with van der Waals surface area (Å²) in [5.74, 6) is 1.29. The molecule has 1 atom stereocenters. The minimum atomic E-state index is -0.0564. The van der Waals surface area contributed by atoms with Crippen LogP contribution in [0.5, 0.6) is 11.6 Å². The first-order valence-electron chi connectivity index (χ1n) is 8.72. The molecule has 1 saturated heterocycles. The molecule has 6 heteroatoms. The molecule has 136 valence electrons. The van der Waals surface area contributed by atoms with Crippen molar-refractivity contribution in [1.82, 2.24) is 15.1 Å². The summed E-state index contributed by atoms with van der Waals surface area (Å²) in [6, 6.07) is 11.3. The lowest BCUT2D eigenvalue weighted by molar-refractivity contribution is -0.128. The van der Waals surface area contributed by atoms with Gasteiger partial charge in [-0.1, -0.05) is 12.1 Å². The van der Waals surface area contributed by atoms with Crippen molar-refractivity contribution < 1.29 is 14.3 Å². The molecule has 0 N–H and O–H groups in total. The van der Waals surface area contributed by atoms with Crippen LogP contribution in [0.3, 0.4) is 0 Å². The highest BCUT2D eigenvalue weighted by atomic mass is 16.5. The smallest absolute Gasteiger partial charge is 0.246 e. The maximum Gasteiger partial charge on any atom is 0.246 e. The summed E-state index contributed by atoms with van der Waals surface area (Å²) in [5.41, 5.74) is 1.81. The van der Waals surface area contributed by atoms with Crippen molar-refractivity contribution in [1.29, 1.82) is 0 Å². The van der Waals surface area contributed by atoms with Gasteiger partial charge in [0.15, 0.2) is 0 Å². The Bertz CT molecular complexity index is 757. The summed E-state index contributed by atoms with van der Waals surface area (Å²) in [4.78, 5) is 14.3. The summed E-state index contributed by atoms with van der Waals surface area (Å²) >= 11 is 0. The Balaban J connectivity index is 1.56. The van der Waals surface area contributed by atoms with Crippen LogP contribution in [0.2, 0.25) is 0 Å². The molecule has 0 radical (unpaired) electrons. The van der Waals surface area contributed by atoms with Gasteiger partial charge in [0.25, 0.3) is 0 Å². The zero-order valence-electron chi connectivity index (χ0n) is 15.1. The van der Waals surface area contributed by atoms with Crippen LogP contribution < -0.4 is 9.47 Å². The van der Waals surface area contributed by atoms with Gasteiger partial charge >= 0.3 is 0 Å². The lowest BCUT2D eigenvalue weighted by Crippen LogP contribution is -2.43. The van der Waals surface area contributed by atoms with Crippen molar-refractivity contribution in [3.05, 3.63) is 53.7 Å². The summed E-state index contributed by atoms with van der Waals surface area (Å²) in [5, 5.41) is 8.03. The molecule has 6 nitrogen and oxygen atoms in total. The first-order valence-corrected chi connectivity index (χ1v) is 8.72. The standard InChI is InChI=1S/C20H23N3O3/c1-15-5-11-19(22-21-15)26-18-4-3-13-23(14-18)20(24)12-8-16-6-9-17(25-2)10-7-16/h5-12,18H,3-4,13-14H2,1-2H3/b12-8+. The monoisotopic (exact) mass is 353 g/mol. The van der Waals surface area contributed by atoms with E-state index in [0.29, 0.717) is 12.4 Å². The second-order valence-corrected chi connectivity index (χ2v) is 6.29. The van der Waals surface area contributed by atoms with Gasteiger partial charge in [-0.05, 0) is 49.6 Å². The number of rotatable bonds is 5. The predicted octanol–water partition coefficient (Wildman–Crippen LogP) is 2.88.